The first kappa shape index (κ1) is 35.2. The minimum absolute atomic E-state index is 0.00664. The molecule has 0 radical (unpaired) electrons. The lowest BCUT2D eigenvalue weighted by Crippen LogP contribution is -2.40. The molecule has 1 saturated carbocycles. The molecule has 2 N–H and O–H groups in total. The van der Waals surface area contributed by atoms with Gasteiger partial charge in [-0.05, 0) is 73.9 Å². The van der Waals surface area contributed by atoms with Crippen molar-refractivity contribution >= 4 is 46.6 Å². The Morgan fingerprint density at radius 1 is 0.846 bits per heavy atom. The van der Waals surface area contributed by atoms with E-state index in [1.54, 1.807) is 58.3 Å². The van der Waals surface area contributed by atoms with Crippen LogP contribution in [-0.4, -0.2) is 81.4 Å². The van der Waals surface area contributed by atoms with Crippen molar-refractivity contribution in [2.75, 3.05) is 43.4 Å². The number of ether oxygens (including phenoxy) is 1. The van der Waals surface area contributed by atoms with Crippen molar-refractivity contribution in [3.05, 3.63) is 100 Å². The molecule has 1 aromatic heterocycles. The van der Waals surface area contributed by atoms with Crippen molar-refractivity contribution in [3.63, 3.8) is 0 Å². The maximum Gasteiger partial charge on any atom is 0.422 e. The first-order valence-corrected chi connectivity index (χ1v) is 17.2. The number of nitrogens with one attached hydrogen (secondary N) is 2. The Hall–Kier alpha value is -5.24. The third kappa shape index (κ3) is 8.12. The average Bonchev–Trinajstić information content (AvgIpc) is 3.61. The Bertz CT molecular complexity index is 1960. The van der Waals surface area contributed by atoms with E-state index in [0.29, 0.717) is 54.6 Å². The number of hydrogen-bond donors (Lipinski definition) is 2. The van der Waals surface area contributed by atoms with Gasteiger partial charge in [0, 0.05) is 71.8 Å². The van der Waals surface area contributed by atoms with Gasteiger partial charge < -0.3 is 25.2 Å². The monoisotopic (exact) mass is 733 g/mol. The number of fused-ring (bicyclic) bond motifs is 1. The molecule has 1 aliphatic carbocycles. The molecule has 52 heavy (non-hydrogen) atoms. The van der Waals surface area contributed by atoms with Crippen LogP contribution in [0, 0.1) is 18.8 Å². The summed E-state index contributed by atoms with van der Waals surface area (Å²) < 4.78 is 43.8. The molecule has 3 aromatic carbocycles. The van der Waals surface area contributed by atoms with Crippen LogP contribution in [0.1, 0.15) is 40.2 Å². The van der Waals surface area contributed by atoms with Gasteiger partial charge in [0.05, 0.1) is 0 Å². The standard InChI is InChI=1S/C37H35ClF3N7O4/c1-22-2-10-28(11-3-22)42-31(49)33(51)48-19-24-17-47(18-25(24)20-48)32(50)23-4-12-29(13-5-23)43-34-44-30(45-35(46-34)52-21-37(39,40)41)16-36(14-15-36)26-6-8-27(38)9-7-26/h2-13,24-25H,14-21H2,1H3,(H,42,49)(H,43,44,45,46). The molecule has 11 nitrogen and oxygen atoms in total. The molecule has 2 aliphatic heterocycles. The van der Waals surface area contributed by atoms with Crippen molar-refractivity contribution in [3.8, 4) is 6.01 Å². The molecule has 3 heterocycles. The Morgan fingerprint density at radius 3 is 2.08 bits per heavy atom. The van der Waals surface area contributed by atoms with Gasteiger partial charge in [-0.2, -0.15) is 28.1 Å². The van der Waals surface area contributed by atoms with Crippen LogP contribution in [-0.2, 0) is 21.4 Å². The lowest BCUT2D eigenvalue weighted by Gasteiger charge is -2.22. The third-order valence-electron chi connectivity index (χ3n) is 9.79. The summed E-state index contributed by atoms with van der Waals surface area (Å²) in [5, 5.41) is 6.27. The van der Waals surface area contributed by atoms with Crippen LogP contribution < -0.4 is 15.4 Å². The van der Waals surface area contributed by atoms with Crippen molar-refractivity contribution in [1.82, 2.24) is 24.8 Å². The van der Waals surface area contributed by atoms with Gasteiger partial charge in [-0.1, -0.05) is 41.4 Å². The average molecular weight is 734 g/mol. The van der Waals surface area contributed by atoms with Gasteiger partial charge in [0.2, 0.25) is 5.95 Å². The first-order valence-electron chi connectivity index (χ1n) is 16.9. The zero-order valence-corrected chi connectivity index (χ0v) is 28.9. The smallest absolute Gasteiger partial charge is 0.422 e. The van der Waals surface area contributed by atoms with Crippen LogP contribution in [0.4, 0.5) is 30.5 Å². The molecule has 3 aliphatic rings. The molecule has 2 saturated heterocycles. The maximum atomic E-state index is 13.4. The first-order chi connectivity index (χ1) is 24.8. The molecular formula is C37H35ClF3N7O4. The van der Waals surface area contributed by atoms with Gasteiger partial charge in [-0.25, -0.2) is 0 Å². The van der Waals surface area contributed by atoms with Gasteiger partial charge in [-0.15, -0.1) is 0 Å². The second kappa shape index (κ2) is 14.1. The summed E-state index contributed by atoms with van der Waals surface area (Å²) in [5.74, 6) is -1.04. The predicted molar refractivity (Wildman–Crippen MR) is 186 cm³/mol. The Kier molecular flexibility index (Phi) is 9.51. The summed E-state index contributed by atoms with van der Waals surface area (Å²) in [5.41, 5.74) is 3.32. The molecule has 2 unspecified atom stereocenters. The summed E-state index contributed by atoms with van der Waals surface area (Å²) in [6.45, 7) is 2.08. The van der Waals surface area contributed by atoms with Crippen molar-refractivity contribution in [2.45, 2.75) is 37.8 Å². The number of rotatable bonds is 9. The molecule has 4 aromatic rings. The molecule has 0 spiro atoms. The zero-order valence-electron chi connectivity index (χ0n) is 28.1. The van der Waals surface area contributed by atoms with Crippen LogP contribution in [0.2, 0.25) is 5.02 Å². The van der Waals surface area contributed by atoms with E-state index in [9.17, 15) is 27.6 Å². The topological polar surface area (TPSA) is 130 Å². The number of benzene rings is 3. The minimum atomic E-state index is -4.58. The van der Waals surface area contributed by atoms with Crippen LogP contribution in [0.15, 0.2) is 72.8 Å². The molecule has 15 heteroatoms. The normalized spacial score (nSPS) is 18.9. The fourth-order valence-electron chi connectivity index (χ4n) is 6.87. The van der Waals surface area contributed by atoms with Gasteiger partial charge in [-0.3, -0.25) is 14.4 Å². The molecule has 7 rings (SSSR count). The number of amides is 3. The molecule has 2 atom stereocenters. The summed E-state index contributed by atoms with van der Waals surface area (Å²) in [4.78, 5) is 54.9. The summed E-state index contributed by atoms with van der Waals surface area (Å²) in [6, 6.07) is 20.8. The number of aromatic nitrogens is 3. The quantitative estimate of drug-likeness (QED) is 0.202. The summed E-state index contributed by atoms with van der Waals surface area (Å²) in [6.07, 6.45) is -2.49. The Balaban J connectivity index is 0.971. The third-order valence-corrected chi connectivity index (χ3v) is 10.0. The number of carbonyl (C=O) groups excluding carboxylic acids is 3. The van der Waals surface area contributed by atoms with E-state index in [2.05, 4.69) is 25.6 Å². The van der Waals surface area contributed by atoms with E-state index in [4.69, 9.17) is 16.3 Å². The molecule has 3 amide bonds. The highest BCUT2D eigenvalue weighted by Gasteiger charge is 2.46. The Labute approximate surface area is 302 Å². The van der Waals surface area contributed by atoms with Crippen LogP contribution >= 0.6 is 11.6 Å². The van der Waals surface area contributed by atoms with E-state index >= 15 is 0 Å². The van der Waals surface area contributed by atoms with Gasteiger partial charge in [0.15, 0.2) is 6.61 Å². The van der Waals surface area contributed by atoms with E-state index < -0.39 is 30.6 Å². The van der Waals surface area contributed by atoms with E-state index in [0.717, 1.165) is 24.0 Å². The predicted octanol–water partition coefficient (Wildman–Crippen LogP) is 5.96. The van der Waals surface area contributed by atoms with Crippen molar-refractivity contribution in [1.29, 1.82) is 0 Å². The second-order valence-electron chi connectivity index (χ2n) is 13.7. The largest absolute Gasteiger partial charge is 0.454 e. The number of hydrogen-bond acceptors (Lipinski definition) is 8. The van der Waals surface area contributed by atoms with E-state index in [-0.39, 0.29) is 34.9 Å². The van der Waals surface area contributed by atoms with Gasteiger partial charge in [0.25, 0.3) is 5.91 Å². The van der Waals surface area contributed by atoms with Gasteiger partial charge >= 0.3 is 24.0 Å². The SMILES string of the molecule is Cc1ccc(NC(=O)C(=O)N2CC3CN(C(=O)c4ccc(Nc5nc(CC6(c7ccc(Cl)cc7)CC6)nc(OCC(F)(F)F)n5)cc4)CC3C2)cc1. The number of nitrogens with zero attached hydrogens (tertiary/aromatic N) is 5. The zero-order chi connectivity index (χ0) is 36.6. The van der Waals surface area contributed by atoms with Crippen LogP contribution in [0.25, 0.3) is 0 Å². The second-order valence-corrected chi connectivity index (χ2v) is 14.1. The molecular weight excluding hydrogens is 699 g/mol. The molecule has 0 bridgehead atoms. The number of carbonyl (C=O) groups is 3. The van der Waals surface area contributed by atoms with E-state index in [1.165, 1.54) is 0 Å². The molecule has 270 valence electrons. The highest BCUT2D eigenvalue weighted by molar-refractivity contribution is 6.39. The Morgan fingerprint density at radius 2 is 1.46 bits per heavy atom. The number of aryl methyl sites for hydroxylation is 1. The number of anilines is 3. The number of likely N-dealkylation sites (tertiary alicyclic amines) is 2. The van der Waals surface area contributed by atoms with Crippen LogP contribution in [0.3, 0.4) is 0 Å². The van der Waals surface area contributed by atoms with E-state index in [1.807, 2.05) is 31.2 Å². The highest BCUT2D eigenvalue weighted by Crippen LogP contribution is 2.50. The number of halogens is 4. The van der Waals surface area contributed by atoms with Crippen molar-refractivity contribution < 1.29 is 32.3 Å². The summed E-state index contributed by atoms with van der Waals surface area (Å²) >= 11 is 6.06. The fourth-order valence-corrected chi connectivity index (χ4v) is 6.99. The van der Waals surface area contributed by atoms with Crippen LogP contribution in [0.5, 0.6) is 6.01 Å². The van der Waals surface area contributed by atoms with Gasteiger partial charge in [0.1, 0.15) is 5.82 Å². The lowest BCUT2D eigenvalue weighted by molar-refractivity contribution is -0.154. The maximum absolute atomic E-state index is 13.4. The lowest BCUT2D eigenvalue weighted by atomic mass is 9.92. The fraction of sp³-hybridized carbons (Fsp3) is 0.351. The van der Waals surface area contributed by atoms with Crippen molar-refractivity contribution in [2.24, 2.45) is 11.8 Å². The highest BCUT2D eigenvalue weighted by atomic mass is 35.5. The molecule has 3 fully saturated rings. The summed E-state index contributed by atoms with van der Waals surface area (Å²) in [7, 11) is 0. The number of alkyl halides is 3. The minimum Gasteiger partial charge on any atom is -0.454 e.